The lowest BCUT2D eigenvalue weighted by Gasteiger charge is -2.26. The molecule has 3 aromatic rings. The topological polar surface area (TPSA) is 71.4 Å². The SMILES string of the molecule is Cc1cc(/C=C2\C(=O)NC(=O)N(c3cccc(Cl)c3)C2=O)c(C)n1-c1ccc(C(C)(C)C)cc1. The van der Waals surface area contributed by atoms with Crippen molar-refractivity contribution >= 4 is 41.2 Å². The highest BCUT2D eigenvalue weighted by Crippen LogP contribution is 2.28. The van der Waals surface area contributed by atoms with Crippen LogP contribution < -0.4 is 10.2 Å². The number of aromatic nitrogens is 1. The molecule has 0 bridgehead atoms. The van der Waals surface area contributed by atoms with Crippen molar-refractivity contribution in [3.63, 3.8) is 0 Å². The van der Waals surface area contributed by atoms with Crippen molar-refractivity contribution in [1.29, 1.82) is 0 Å². The van der Waals surface area contributed by atoms with Gasteiger partial charge in [-0.2, -0.15) is 0 Å². The molecule has 0 radical (unpaired) electrons. The fourth-order valence-electron chi connectivity index (χ4n) is 4.10. The second-order valence-electron chi connectivity index (χ2n) is 9.40. The van der Waals surface area contributed by atoms with E-state index in [9.17, 15) is 14.4 Å². The number of halogens is 1. The molecule has 0 spiro atoms. The number of hydrogen-bond donors (Lipinski definition) is 1. The van der Waals surface area contributed by atoms with Crippen LogP contribution in [0.25, 0.3) is 11.8 Å². The Labute approximate surface area is 203 Å². The van der Waals surface area contributed by atoms with E-state index in [1.807, 2.05) is 19.9 Å². The van der Waals surface area contributed by atoms with Crippen molar-refractivity contribution in [2.45, 2.75) is 40.0 Å². The summed E-state index contributed by atoms with van der Waals surface area (Å²) in [5.41, 5.74) is 4.99. The van der Waals surface area contributed by atoms with Gasteiger partial charge in [0.1, 0.15) is 5.57 Å². The van der Waals surface area contributed by atoms with Crippen LogP contribution in [0.4, 0.5) is 10.5 Å². The van der Waals surface area contributed by atoms with Gasteiger partial charge in [0.25, 0.3) is 11.8 Å². The van der Waals surface area contributed by atoms with Gasteiger partial charge in [0.05, 0.1) is 5.69 Å². The minimum atomic E-state index is -0.807. The Morgan fingerprint density at radius 1 is 0.912 bits per heavy atom. The van der Waals surface area contributed by atoms with Gasteiger partial charge in [-0.05, 0) is 72.9 Å². The van der Waals surface area contributed by atoms with E-state index in [-0.39, 0.29) is 16.7 Å². The Morgan fingerprint density at radius 2 is 1.59 bits per heavy atom. The van der Waals surface area contributed by atoms with Gasteiger partial charge in [-0.25, -0.2) is 9.69 Å². The second kappa shape index (κ2) is 8.61. The van der Waals surface area contributed by atoms with E-state index in [1.165, 1.54) is 17.7 Å². The van der Waals surface area contributed by atoms with E-state index in [0.717, 1.165) is 27.5 Å². The fraction of sp³-hybridized carbons (Fsp3) is 0.222. The normalized spacial score (nSPS) is 15.8. The molecular weight excluding hydrogens is 450 g/mol. The lowest BCUT2D eigenvalue weighted by molar-refractivity contribution is -0.122. The van der Waals surface area contributed by atoms with Gasteiger partial charge >= 0.3 is 6.03 Å². The molecule has 0 unspecified atom stereocenters. The molecule has 1 aliphatic rings. The molecule has 1 aromatic heterocycles. The molecule has 4 rings (SSSR count). The van der Waals surface area contributed by atoms with Gasteiger partial charge < -0.3 is 4.57 Å². The van der Waals surface area contributed by atoms with Crippen LogP contribution in [-0.4, -0.2) is 22.4 Å². The van der Waals surface area contributed by atoms with Gasteiger partial charge in [-0.15, -0.1) is 0 Å². The third-order valence-electron chi connectivity index (χ3n) is 5.93. The van der Waals surface area contributed by atoms with E-state index in [2.05, 4.69) is 54.9 Å². The molecule has 4 amide bonds. The maximum Gasteiger partial charge on any atom is 0.335 e. The molecule has 174 valence electrons. The maximum atomic E-state index is 13.2. The number of aryl methyl sites for hydroxylation is 1. The number of urea groups is 1. The van der Waals surface area contributed by atoms with Crippen LogP contribution in [0.1, 0.15) is 43.3 Å². The third kappa shape index (κ3) is 4.29. The summed E-state index contributed by atoms with van der Waals surface area (Å²) in [7, 11) is 0. The highest BCUT2D eigenvalue weighted by molar-refractivity contribution is 6.39. The lowest BCUT2D eigenvalue weighted by Crippen LogP contribution is -2.54. The van der Waals surface area contributed by atoms with Crippen LogP contribution in [0.3, 0.4) is 0 Å². The predicted octanol–water partition coefficient (Wildman–Crippen LogP) is 5.71. The number of anilines is 1. The number of nitrogens with one attached hydrogen (secondary N) is 1. The molecule has 34 heavy (non-hydrogen) atoms. The molecule has 0 aliphatic carbocycles. The van der Waals surface area contributed by atoms with Crippen molar-refractivity contribution in [2.24, 2.45) is 0 Å². The minimum absolute atomic E-state index is 0.0515. The highest BCUT2D eigenvalue weighted by atomic mass is 35.5. The van der Waals surface area contributed by atoms with Crippen LogP contribution in [0.5, 0.6) is 0 Å². The summed E-state index contributed by atoms with van der Waals surface area (Å²) in [6.45, 7) is 10.4. The quantitative estimate of drug-likeness (QED) is 0.389. The van der Waals surface area contributed by atoms with Crippen molar-refractivity contribution in [2.75, 3.05) is 4.90 Å². The molecule has 1 saturated heterocycles. The highest BCUT2D eigenvalue weighted by Gasteiger charge is 2.37. The Kier molecular flexibility index (Phi) is 5.96. The summed E-state index contributed by atoms with van der Waals surface area (Å²) < 4.78 is 2.07. The predicted molar refractivity (Wildman–Crippen MR) is 134 cm³/mol. The summed E-state index contributed by atoms with van der Waals surface area (Å²) in [4.78, 5) is 39.1. The number of nitrogens with zero attached hydrogens (tertiary/aromatic N) is 2. The van der Waals surface area contributed by atoms with Gasteiger partial charge in [0.2, 0.25) is 0 Å². The van der Waals surface area contributed by atoms with Crippen LogP contribution in [-0.2, 0) is 15.0 Å². The average molecular weight is 476 g/mol. The van der Waals surface area contributed by atoms with Crippen LogP contribution in [0, 0.1) is 13.8 Å². The van der Waals surface area contributed by atoms with E-state index in [1.54, 1.807) is 18.2 Å². The third-order valence-corrected chi connectivity index (χ3v) is 6.16. The van der Waals surface area contributed by atoms with E-state index in [4.69, 9.17) is 11.6 Å². The zero-order valence-electron chi connectivity index (χ0n) is 19.8. The molecule has 7 heteroatoms. The fourth-order valence-corrected chi connectivity index (χ4v) is 4.29. The Balaban J connectivity index is 1.73. The summed E-state index contributed by atoms with van der Waals surface area (Å²) >= 11 is 6.03. The first kappa shape index (κ1) is 23.5. The van der Waals surface area contributed by atoms with E-state index >= 15 is 0 Å². The van der Waals surface area contributed by atoms with Gasteiger partial charge in [0, 0.05) is 22.1 Å². The molecule has 2 aromatic carbocycles. The first-order valence-electron chi connectivity index (χ1n) is 10.9. The number of hydrogen-bond acceptors (Lipinski definition) is 3. The monoisotopic (exact) mass is 475 g/mol. The summed E-state index contributed by atoms with van der Waals surface area (Å²) in [5, 5.41) is 2.63. The van der Waals surface area contributed by atoms with Gasteiger partial charge in [-0.1, -0.05) is 50.6 Å². The number of rotatable bonds is 3. The Morgan fingerprint density at radius 3 is 2.21 bits per heavy atom. The number of benzene rings is 2. The smallest absolute Gasteiger partial charge is 0.318 e. The molecule has 1 aliphatic heterocycles. The number of carbonyl (C=O) groups is 3. The van der Waals surface area contributed by atoms with Crippen molar-refractivity contribution in [3.05, 3.63) is 87.7 Å². The molecule has 2 heterocycles. The average Bonchev–Trinajstić information content (AvgIpc) is 3.03. The molecule has 1 N–H and O–H groups in total. The van der Waals surface area contributed by atoms with E-state index < -0.39 is 17.8 Å². The Hall–Kier alpha value is -3.64. The van der Waals surface area contributed by atoms with Crippen molar-refractivity contribution < 1.29 is 14.4 Å². The number of carbonyl (C=O) groups excluding carboxylic acids is 3. The first-order valence-corrected chi connectivity index (χ1v) is 11.3. The molecule has 6 nitrogen and oxygen atoms in total. The Bertz CT molecular complexity index is 1340. The van der Waals surface area contributed by atoms with Gasteiger partial charge in [-0.3, -0.25) is 14.9 Å². The number of barbiturate groups is 1. The molecular formula is C27H26ClN3O3. The number of amides is 4. The second-order valence-corrected chi connectivity index (χ2v) is 9.83. The van der Waals surface area contributed by atoms with Crippen molar-refractivity contribution in [3.8, 4) is 5.69 Å². The molecule has 0 saturated carbocycles. The zero-order valence-corrected chi connectivity index (χ0v) is 20.5. The lowest BCUT2D eigenvalue weighted by atomic mass is 9.87. The van der Waals surface area contributed by atoms with Crippen LogP contribution in [0.2, 0.25) is 5.02 Å². The van der Waals surface area contributed by atoms with Gasteiger partial charge in [0.15, 0.2) is 0 Å². The largest absolute Gasteiger partial charge is 0.335 e. The van der Waals surface area contributed by atoms with Crippen LogP contribution >= 0.6 is 11.6 Å². The first-order chi connectivity index (χ1) is 16.0. The standard InChI is InChI=1S/C27H26ClN3O3/c1-16-13-18(17(2)30(16)21-11-9-19(10-12-21)27(3,4)5)14-23-24(32)29-26(34)31(25(23)33)22-8-6-7-20(28)15-22/h6-15H,1-5H3,(H,29,32,34)/b23-14+. The van der Waals surface area contributed by atoms with Crippen LogP contribution in [0.15, 0.2) is 60.2 Å². The zero-order chi connectivity index (χ0) is 24.8. The summed E-state index contributed by atoms with van der Waals surface area (Å²) in [5.74, 6) is -1.43. The molecule has 0 atom stereocenters. The summed E-state index contributed by atoms with van der Waals surface area (Å²) in [6.07, 6.45) is 1.53. The maximum absolute atomic E-state index is 13.2. The van der Waals surface area contributed by atoms with E-state index in [0.29, 0.717) is 5.02 Å². The summed E-state index contributed by atoms with van der Waals surface area (Å²) in [6, 6.07) is 15.8. The van der Waals surface area contributed by atoms with Crippen molar-refractivity contribution in [1.82, 2.24) is 9.88 Å². The minimum Gasteiger partial charge on any atom is -0.318 e. The molecule has 1 fully saturated rings. The number of imide groups is 2.